The quantitative estimate of drug-likeness (QED) is 0.616. The zero-order valence-electron chi connectivity index (χ0n) is 14.7. The number of benzene rings is 2. The molecule has 4 nitrogen and oxygen atoms in total. The Labute approximate surface area is 156 Å². The van der Waals surface area contributed by atoms with Crippen molar-refractivity contribution in [3.8, 4) is 5.75 Å². The summed E-state index contributed by atoms with van der Waals surface area (Å²) in [6.07, 6.45) is 0.768. The summed E-state index contributed by atoms with van der Waals surface area (Å²) in [6, 6.07) is 16.3. The fraction of sp³-hybridized carbons (Fsp3) is 0.238. The van der Waals surface area contributed by atoms with E-state index in [4.69, 9.17) is 9.15 Å². The van der Waals surface area contributed by atoms with E-state index < -0.39 is 17.7 Å². The minimum atomic E-state index is -0.788. The van der Waals surface area contributed by atoms with Crippen molar-refractivity contribution >= 4 is 0 Å². The Morgan fingerprint density at radius 2 is 1.81 bits per heavy atom. The molecular formula is C21H21F2NO3. The van der Waals surface area contributed by atoms with E-state index in [9.17, 15) is 13.9 Å². The summed E-state index contributed by atoms with van der Waals surface area (Å²) < 4.78 is 38.1. The highest BCUT2D eigenvalue weighted by molar-refractivity contribution is 5.21. The molecule has 0 fully saturated rings. The van der Waals surface area contributed by atoms with Crippen LogP contribution in [0.5, 0.6) is 5.75 Å². The molecule has 3 rings (SSSR count). The predicted molar refractivity (Wildman–Crippen MR) is 97.1 cm³/mol. The van der Waals surface area contributed by atoms with E-state index in [0.717, 1.165) is 6.07 Å². The molecule has 0 saturated heterocycles. The Kier molecular flexibility index (Phi) is 6.57. The molecule has 6 heteroatoms. The van der Waals surface area contributed by atoms with Crippen molar-refractivity contribution in [1.82, 2.24) is 4.90 Å². The second-order valence-electron chi connectivity index (χ2n) is 6.26. The van der Waals surface area contributed by atoms with E-state index >= 15 is 0 Å². The van der Waals surface area contributed by atoms with Crippen molar-refractivity contribution in [3.63, 3.8) is 0 Å². The van der Waals surface area contributed by atoms with Gasteiger partial charge in [0.1, 0.15) is 35.9 Å². The van der Waals surface area contributed by atoms with Gasteiger partial charge in [0.15, 0.2) is 0 Å². The largest absolute Gasteiger partial charge is 0.491 e. The summed E-state index contributed by atoms with van der Waals surface area (Å²) in [4.78, 5) is 1.83. The number of hydrogen-bond donors (Lipinski definition) is 1. The molecule has 27 heavy (non-hydrogen) atoms. The number of ether oxygens (including phenoxy) is 1. The molecular weight excluding hydrogens is 352 g/mol. The highest BCUT2D eigenvalue weighted by atomic mass is 19.1. The normalized spacial score (nSPS) is 12.3. The van der Waals surface area contributed by atoms with Crippen LogP contribution in [0.3, 0.4) is 0 Å². The van der Waals surface area contributed by atoms with Crippen LogP contribution in [-0.2, 0) is 13.1 Å². The van der Waals surface area contributed by atoms with Crippen LogP contribution in [0.15, 0.2) is 71.3 Å². The fourth-order valence-corrected chi connectivity index (χ4v) is 2.76. The van der Waals surface area contributed by atoms with Crippen molar-refractivity contribution < 1.29 is 23.0 Å². The van der Waals surface area contributed by atoms with Gasteiger partial charge in [-0.05, 0) is 30.3 Å². The molecule has 142 valence electrons. The van der Waals surface area contributed by atoms with E-state index in [-0.39, 0.29) is 19.7 Å². The van der Waals surface area contributed by atoms with Crippen LogP contribution < -0.4 is 4.74 Å². The van der Waals surface area contributed by atoms with Gasteiger partial charge < -0.3 is 14.3 Å². The van der Waals surface area contributed by atoms with E-state index in [2.05, 4.69) is 0 Å². The van der Waals surface area contributed by atoms with Gasteiger partial charge in [0.25, 0.3) is 0 Å². The van der Waals surface area contributed by atoms with Gasteiger partial charge in [-0.25, -0.2) is 8.78 Å². The van der Waals surface area contributed by atoms with Crippen molar-refractivity contribution in [2.45, 2.75) is 19.2 Å². The lowest BCUT2D eigenvalue weighted by Crippen LogP contribution is -2.35. The lowest BCUT2D eigenvalue weighted by Gasteiger charge is -2.24. The van der Waals surface area contributed by atoms with E-state index in [1.165, 1.54) is 12.1 Å². The van der Waals surface area contributed by atoms with Crippen LogP contribution >= 0.6 is 0 Å². The Hall–Kier alpha value is -2.70. The van der Waals surface area contributed by atoms with E-state index in [1.54, 1.807) is 30.5 Å². The van der Waals surface area contributed by atoms with Crippen molar-refractivity contribution in [2.24, 2.45) is 0 Å². The third-order valence-corrected chi connectivity index (χ3v) is 4.02. The maximum atomic E-state index is 14.0. The SMILES string of the molecule is O[C@H](COc1ccccc1)CN(Cc1ccco1)Cc1ccc(F)cc1F. The van der Waals surface area contributed by atoms with Crippen molar-refractivity contribution in [2.75, 3.05) is 13.2 Å². The van der Waals surface area contributed by atoms with Crippen LogP contribution in [0.2, 0.25) is 0 Å². The molecule has 3 aromatic rings. The minimum absolute atomic E-state index is 0.102. The fourth-order valence-electron chi connectivity index (χ4n) is 2.76. The second-order valence-corrected chi connectivity index (χ2v) is 6.26. The van der Waals surface area contributed by atoms with Gasteiger partial charge >= 0.3 is 0 Å². The molecule has 0 spiro atoms. The van der Waals surface area contributed by atoms with Gasteiger partial charge in [0.2, 0.25) is 0 Å². The van der Waals surface area contributed by atoms with Gasteiger partial charge in [-0.1, -0.05) is 24.3 Å². The summed E-state index contributed by atoms with van der Waals surface area (Å²) in [5.41, 5.74) is 0.346. The molecule has 0 amide bonds. The highest BCUT2D eigenvalue weighted by Crippen LogP contribution is 2.16. The highest BCUT2D eigenvalue weighted by Gasteiger charge is 2.17. The Morgan fingerprint density at radius 3 is 2.52 bits per heavy atom. The number of halogens is 2. The van der Waals surface area contributed by atoms with Gasteiger partial charge in [-0.15, -0.1) is 0 Å². The summed E-state index contributed by atoms with van der Waals surface area (Å²) in [6.45, 7) is 0.927. The molecule has 1 aromatic heterocycles. The first kappa shape index (κ1) is 19.1. The number of aliphatic hydroxyl groups excluding tert-OH is 1. The summed E-state index contributed by atoms with van der Waals surface area (Å²) in [5.74, 6) is 0.118. The Morgan fingerprint density at radius 1 is 1.00 bits per heavy atom. The van der Waals surface area contributed by atoms with Gasteiger partial charge in [0, 0.05) is 24.7 Å². The first-order valence-electron chi connectivity index (χ1n) is 8.65. The molecule has 0 radical (unpaired) electrons. The number of para-hydroxylation sites is 1. The Balaban J connectivity index is 1.63. The molecule has 0 aliphatic heterocycles. The second kappa shape index (κ2) is 9.30. The average Bonchev–Trinajstić information content (AvgIpc) is 3.16. The molecule has 1 N–H and O–H groups in total. The smallest absolute Gasteiger partial charge is 0.130 e. The van der Waals surface area contributed by atoms with E-state index in [1.807, 2.05) is 23.1 Å². The summed E-state index contributed by atoms with van der Waals surface area (Å²) in [7, 11) is 0. The molecule has 0 unspecified atom stereocenters. The molecule has 0 aliphatic carbocycles. The van der Waals surface area contributed by atoms with Crippen LogP contribution in [0.1, 0.15) is 11.3 Å². The number of hydrogen-bond acceptors (Lipinski definition) is 4. The van der Waals surface area contributed by atoms with Crippen molar-refractivity contribution in [1.29, 1.82) is 0 Å². The average molecular weight is 373 g/mol. The molecule has 0 aliphatic rings. The lowest BCUT2D eigenvalue weighted by molar-refractivity contribution is 0.0600. The van der Waals surface area contributed by atoms with E-state index in [0.29, 0.717) is 23.6 Å². The number of nitrogens with zero attached hydrogens (tertiary/aromatic N) is 1. The zero-order valence-corrected chi connectivity index (χ0v) is 14.7. The summed E-state index contributed by atoms with van der Waals surface area (Å²) in [5, 5.41) is 10.3. The molecule has 1 atom stereocenters. The van der Waals surface area contributed by atoms with Crippen LogP contribution in [0.25, 0.3) is 0 Å². The van der Waals surface area contributed by atoms with Gasteiger partial charge in [-0.3, -0.25) is 4.90 Å². The predicted octanol–water partition coefficient (Wildman–Crippen LogP) is 4.00. The minimum Gasteiger partial charge on any atom is -0.491 e. The topological polar surface area (TPSA) is 45.8 Å². The maximum absolute atomic E-state index is 14.0. The Bertz CT molecular complexity index is 825. The van der Waals surface area contributed by atoms with Crippen LogP contribution in [-0.4, -0.2) is 29.3 Å². The number of rotatable bonds is 9. The third kappa shape index (κ3) is 5.91. The molecule has 0 saturated carbocycles. The summed E-state index contributed by atoms with van der Waals surface area (Å²) >= 11 is 0. The monoisotopic (exact) mass is 373 g/mol. The first-order valence-corrected chi connectivity index (χ1v) is 8.65. The first-order chi connectivity index (χ1) is 13.1. The molecule has 1 heterocycles. The standard InChI is InChI=1S/C21H21F2NO3/c22-17-9-8-16(21(23)11-17)12-24(14-20-7-4-10-26-20)13-18(25)15-27-19-5-2-1-3-6-19/h1-11,18,25H,12-15H2/t18-/m0/s1. The zero-order chi connectivity index (χ0) is 19.1. The lowest BCUT2D eigenvalue weighted by atomic mass is 10.1. The maximum Gasteiger partial charge on any atom is 0.130 e. The molecule has 2 aromatic carbocycles. The van der Waals surface area contributed by atoms with Crippen molar-refractivity contribution in [3.05, 3.63) is 89.9 Å². The van der Waals surface area contributed by atoms with Crippen LogP contribution in [0, 0.1) is 11.6 Å². The number of furan rings is 1. The number of aliphatic hydroxyl groups is 1. The van der Waals surface area contributed by atoms with Gasteiger partial charge in [-0.2, -0.15) is 0 Å². The third-order valence-electron chi connectivity index (χ3n) is 4.02. The molecule has 0 bridgehead atoms. The van der Waals surface area contributed by atoms with Gasteiger partial charge in [0.05, 0.1) is 12.8 Å². The van der Waals surface area contributed by atoms with Crippen LogP contribution in [0.4, 0.5) is 8.78 Å².